The van der Waals surface area contributed by atoms with Crippen LogP contribution in [0.1, 0.15) is 40.9 Å². The average molecular weight is 384 g/mol. The lowest BCUT2D eigenvalue weighted by molar-refractivity contribution is -0.146. The molecule has 1 unspecified atom stereocenters. The zero-order chi connectivity index (χ0) is 19.9. The van der Waals surface area contributed by atoms with Crippen molar-refractivity contribution in [2.24, 2.45) is 5.41 Å². The van der Waals surface area contributed by atoms with Gasteiger partial charge in [-0.15, -0.1) is 0 Å². The Balaban J connectivity index is 1.55. The van der Waals surface area contributed by atoms with Crippen molar-refractivity contribution in [1.29, 1.82) is 0 Å². The highest BCUT2D eigenvalue weighted by atomic mass is 16.5. The molecule has 150 valence electrons. The minimum Gasteiger partial charge on any atom is -0.451 e. The summed E-state index contributed by atoms with van der Waals surface area (Å²) in [6.45, 7) is 6.95. The largest absolute Gasteiger partial charge is 0.451 e. The van der Waals surface area contributed by atoms with Crippen molar-refractivity contribution in [3.8, 4) is 0 Å². The van der Waals surface area contributed by atoms with Crippen LogP contribution in [0.4, 0.5) is 0 Å². The van der Waals surface area contributed by atoms with E-state index in [2.05, 4.69) is 0 Å². The van der Waals surface area contributed by atoms with Crippen LogP contribution in [0.2, 0.25) is 0 Å². The molecule has 1 aromatic carbocycles. The molecule has 2 fully saturated rings. The predicted octanol–water partition coefficient (Wildman–Crippen LogP) is 3.15. The summed E-state index contributed by atoms with van der Waals surface area (Å²) in [5.74, 6) is 0.463. The third-order valence-corrected chi connectivity index (χ3v) is 6.32. The molecule has 1 spiro atoms. The molecule has 0 radical (unpaired) electrons. The van der Waals surface area contributed by atoms with E-state index in [4.69, 9.17) is 9.15 Å². The van der Waals surface area contributed by atoms with Crippen molar-refractivity contribution >= 4 is 22.8 Å². The zero-order valence-electron chi connectivity index (χ0n) is 16.9. The summed E-state index contributed by atoms with van der Waals surface area (Å²) >= 11 is 0. The Kier molecular flexibility index (Phi) is 4.91. The molecule has 2 aromatic rings. The van der Waals surface area contributed by atoms with E-state index in [0.29, 0.717) is 32.0 Å². The molecular weight excluding hydrogens is 356 g/mol. The molecule has 28 heavy (non-hydrogen) atoms. The summed E-state index contributed by atoms with van der Waals surface area (Å²) in [5, 5.41) is 0.974. The first-order chi connectivity index (χ1) is 13.4. The molecule has 4 rings (SSSR count). The lowest BCUT2D eigenvalue weighted by Crippen LogP contribution is -2.51. The molecular formula is C22H28N2O4. The highest BCUT2D eigenvalue weighted by Crippen LogP contribution is 2.41. The molecule has 1 atom stereocenters. The second kappa shape index (κ2) is 7.24. The maximum Gasteiger partial charge on any atom is 0.289 e. The van der Waals surface area contributed by atoms with Gasteiger partial charge in [0.25, 0.3) is 5.91 Å². The van der Waals surface area contributed by atoms with E-state index in [9.17, 15) is 9.59 Å². The van der Waals surface area contributed by atoms with Gasteiger partial charge in [-0.05, 0) is 44.7 Å². The Morgan fingerprint density at radius 2 is 2.07 bits per heavy atom. The van der Waals surface area contributed by atoms with Crippen LogP contribution in [-0.2, 0) is 9.53 Å². The molecule has 6 heteroatoms. The van der Waals surface area contributed by atoms with Gasteiger partial charge < -0.3 is 19.0 Å². The minimum absolute atomic E-state index is 0.106. The second-order valence-electron chi connectivity index (χ2n) is 8.20. The molecule has 2 aliphatic rings. The molecule has 6 nitrogen and oxygen atoms in total. The van der Waals surface area contributed by atoms with Crippen molar-refractivity contribution in [3.05, 3.63) is 35.1 Å². The summed E-state index contributed by atoms with van der Waals surface area (Å²) in [7, 11) is 1.65. The number of aryl methyl sites for hydroxylation is 2. The van der Waals surface area contributed by atoms with Crippen LogP contribution < -0.4 is 0 Å². The first-order valence-electron chi connectivity index (χ1n) is 10.0. The van der Waals surface area contributed by atoms with Crippen molar-refractivity contribution in [1.82, 2.24) is 9.80 Å². The first-order valence-corrected chi connectivity index (χ1v) is 10.0. The van der Waals surface area contributed by atoms with Gasteiger partial charge in [-0.25, -0.2) is 0 Å². The molecule has 0 N–H and O–H groups in total. The number of fused-ring (bicyclic) bond motifs is 1. The Morgan fingerprint density at radius 1 is 1.25 bits per heavy atom. The van der Waals surface area contributed by atoms with Crippen molar-refractivity contribution in [2.45, 2.75) is 33.1 Å². The smallest absolute Gasteiger partial charge is 0.289 e. The highest BCUT2D eigenvalue weighted by Gasteiger charge is 2.49. The number of benzene rings is 1. The molecule has 3 heterocycles. The van der Waals surface area contributed by atoms with Crippen molar-refractivity contribution < 1.29 is 18.7 Å². The molecule has 2 amide bonds. The number of rotatable bonds is 4. The number of furan rings is 1. The summed E-state index contributed by atoms with van der Waals surface area (Å²) in [6, 6.07) is 5.99. The molecule has 0 aliphatic carbocycles. The van der Waals surface area contributed by atoms with Gasteiger partial charge in [-0.3, -0.25) is 9.59 Å². The lowest BCUT2D eigenvalue weighted by Gasteiger charge is -2.39. The Bertz CT molecular complexity index is 919. The second-order valence-corrected chi connectivity index (χ2v) is 8.20. The molecule has 0 saturated carbocycles. The standard InChI is InChI=1S/C22H28N2O4/c1-15-5-6-17-16(2)19(28-18(17)13-15)20(25)24-10-8-22(14-24)7-4-9-23(21(22)26)11-12-27-3/h5-6,13H,4,7-12,14H2,1-3H3. The highest BCUT2D eigenvalue weighted by molar-refractivity contribution is 5.99. The Morgan fingerprint density at radius 3 is 2.86 bits per heavy atom. The Hall–Kier alpha value is -2.34. The number of amides is 2. The van der Waals surface area contributed by atoms with E-state index in [1.165, 1.54) is 0 Å². The number of carbonyl (C=O) groups is 2. The first kappa shape index (κ1) is 19.0. The minimum atomic E-state index is -0.446. The summed E-state index contributed by atoms with van der Waals surface area (Å²) < 4.78 is 11.1. The fraction of sp³-hybridized carbons (Fsp3) is 0.545. The van der Waals surface area contributed by atoms with Gasteiger partial charge in [-0.1, -0.05) is 12.1 Å². The van der Waals surface area contributed by atoms with E-state index >= 15 is 0 Å². The van der Waals surface area contributed by atoms with E-state index in [-0.39, 0.29) is 11.8 Å². The van der Waals surface area contributed by atoms with Crippen molar-refractivity contribution in [3.63, 3.8) is 0 Å². The maximum atomic E-state index is 13.2. The number of methoxy groups -OCH3 is 1. The van der Waals surface area contributed by atoms with Crippen LogP contribution in [0.3, 0.4) is 0 Å². The number of ether oxygens (including phenoxy) is 1. The average Bonchev–Trinajstić information content (AvgIpc) is 3.25. The molecule has 1 aromatic heterocycles. The van der Waals surface area contributed by atoms with Gasteiger partial charge in [0.05, 0.1) is 12.0 Å². The zero-order valence-corrected chi connectivity index (χ0v) is 16.9. The number of hydrogen-bond donors (Lipinski definition) is 0. The molecule has 2 aliphatic heterocycles. The van der Waals surface area contributed by atoms with Gasteiger partial charge in [0.2, 0.25) is 5.91 Å². The fourth-order valence-corrected chi connectivity index (χ4v) is 4.67. The Labute approximate surface area is 165 Å². The van der Waals surface area contributed by atoms with Gasteiger partial charge in [0.15, 0.2) is 5.76 Å². The number of carbonyl (C=O) groups excluding carboxylic acids is 2. The van der Waals surface area contributed by atoms with Crippen LogP contribution in [-0.4, -0.2) is 61.5 Å². The quantitative estimate of drug-likeness (QED) is 0.812. The van der Waals surface area contributed by atoms with Gasteiger partial charge in [-0.2, -0.15) is 0 Å². The molecule has 0 bridgehead atoms. The lowest BCUT2D eigenvalue weighted by atomic mass is 9.78. The van der Waals surface area contributed by atoms with Gasteiger partial charge in [0.1, 0.15) is 5.58 Å². The SMILES string of the molecule is COCCN1CCCC2(CCN(C(=O)c3oc4cc(C)ccc4c3C)C2)C1=O. The van der Waals surface area contributed by atoms with Crippen LogP contribution in [0.5, 0.6) is 0 Å². The van der Waals surface area contributed by atoms with Gasteiger partial charge in [0, 0.05) is 44.2 Å². The fourth-order valence-electron chi connectivity index (χ4n) is 4.67. The number of nitrogens with zero attached hydrogens (tertiary/aromatic N) is 2. The van der Waals surface area contributed by atoms with Crippen LogP contribution in [0.15, 0.2) is 22.6 Å². The predicted molar refractivity (Wildman–Crippen MR) is 106 cm³/mol. The van der Waals surface area contributed by atoms with Crippen molar-refractivity contribution in [2.75, 3.05) is 39.9 Å². The van der Waals surface area contributed by atoms with E-state index in [0.717, 1.165) is 47.9 Å². The third-order valence-electron chi connectivity index (χ3n) is 6.32. The van der Waals surface area contributed by atoms with Crippen LogP contribution in [0.25, 0.3) is 11.0 Å². The normalized spacial score (nSPS) is 22.6. The van der Waals surface area contributed by atoms with Crippen LogP contribution >= 0.6 is 0 Å². The number of piperidine rings is 1. The maximum absolute atomic E-state index is 13.2. The summed E-state index contributed by atoms with van der Waals surface area (Å²) in [5.41, 5.74) is 2.27. The van der Waals surface area contributed by atoms with Gasteiger partial charge >= 0.3 is 0 Å². The summed E-state index contributed by atoms with van der Waals surface area (Å²) in [6.07, 6.45) is 2.54. The third kappa shape index (κ3) is 3.09. The monoisotopic (exact) mass is 384 g/mol. The molecule has 2 saturated heterocycles. The topological polar surface area (TPSA) is 63.0 Å². The van der Waals surface area contributed by atoms with E-state index in [1.54, 1.807) is 12.0 Å². The number of hydrogen-bond acceptors (Lipinski definition) is 4. The summed E-state index contributed by atoms with van der Waals surface area (Å²) in [4.78, 5) is 30.0. The van der Waals surface area contributed by atoms with E-state index < -0.39 is 5.41 Å². The van der Waals surface area contributed by atoms with Crippen LogP contribution in [0, 0.1) is 19.3 Å². The number of likely N-dealkylation sites (tertiary alicyclic amines) is 2. The van der Waals surface area contributed by atoms with E-state index in [1.807, 2.05) is 36.9 Å².